The highest BCUT2D eigenvalue weighted by molar-refractivity contribution is 5.42. The Morgan fingerprint density at radius 1 is 1.00 bits per heavy atom. The minimum absolute atomic E-state index is 0.672. The molecular weight excluding hydrogens is 188 g/mol. The van der Waals surface area contributed by atoms with Gasteiger partial charge in [-0.05, 0) is 19.1 Å². The van der Waals surface area contributed by atoms with Gasteiger partial charge >= 0.3 is 0 Å². The normalized spacial score (nSPS) is 10.7. The molecule has 84 valence electrons. The van der Waals surface area contributed by atoms with E-state index >= 15 is 0 Å². The molecule has 0 saturated carbocycles. The number of benzene rings is 1. The monoisotopic (exact) mass is 208 g/mol. The molecule has 0 fully saturated rings. The van der Waals surface area contributed by atoms with Gasteiger partial charge in [0.15, 0.2) is 0 Å². The Kier molecular flexibility index (Phi) is 5.15. The van der Waals surface area contributed by atoms with Crippen LogP contribution in [0, 0.1) is 0 Å². The second-order valence-corrected chi connectivity index (χ2v) is 3.17. The first-order valence-corrected chi connectivity index (χ1v) is 5.56. The molecule has 0 aliphatic carbocycles. The van der Waals surface area contributed by atoms with E-state index in [9.17, 15) is 0 Å². The van der Waals surface area contributed by atoms with E-state index in [1.165, 1.54) is 0 Å². The van der Waals surface area contributed by atoms with Crippen molar-refractivity contribution in [2.75, 3.05) is 24.9 Å². The average Bonchev–Trinajstić information content (AvgIpc) is 2.30. The van der Waals surface area contributed by atoms with Crippen molar-refractivity contribution >= 4 is 5.69 Å². The zero-order valence-electron chi connectivity index (χ0n) is 9.81. The van der Waals surface area contributed by atoms with E-state index in [0.29, 0.717) is 6.61 Å². The fraction of sp³-hybridized carbons (Fsp3) is 0.500. The summed E-state index contributed by atoms with van der Waals surface area (Å²) in [5.74, 6) is 0. The van der Waals surface area contributed by atoms with Crippen molar-refractivity contribution in [2.45, 2.75) is 20.8 Å². The molecule has 15 heavy (non-hydrogen) atoms. The molecule has 0 bridgehead atoms. The second-order valence-electron chi connectivity index (χ2n) is 3.17. The fourth-order valence-corrected chi connectivity index (χ4v) is 1.48. The lowest BCUT2D eigenvalue weighted by Crippen LogP contribution is -2.42. The van der Waals surface area contributed by atoms with Gasteiger partial charge in [-0.3, -0.25) is 4.84 Å². The first-order chi connectivity index (χ1) is 7.33. The van der Waals surface area contributed by atoms with Gasteiger partial charge in [-0.25, -0.2) is 0 Å². The van der Waals surface area contributed by atoms with E-state index < -0.39 is 0 Å². The zero-order chi connectivity index (χ0) is 11.1. The van der Waals surface area contributed by atoms with Gasteiger partial charge in [-0.2, -0.15) is 10.2 Å². The Labute approximate surface area is 92.2 Å². The van der Waals surface area contributed by atoms with Crippen molar-refractivity contribution in [2.24, 2.45) is 0 Å². The topological polar surface area (TPSA) is 15.7 Å². The molecule has 0 atom stereocenters. The molecule has 3 heteroatoms. The van der Waals surface area contributed by atoms with E-state index in [2.05, 4.69) is 18.9 Å². The molecule has 0 spiro atoms. The Balaban J connectivity index is 2.81. The van der Waals surface area contributed by atoms with Crippen LogP contribution in [0.15, 0.2) is 30.3 Å². The number of hydrogen-bond donors (Lipinski definition) is 0. The highest BCUT2D eigenvalue weighted by atomic mass is 16.7. The summed E-state index contributed by atoms with van der Waals surface area (Å²) < 4.78 is 0. The summed E-state index contributed by atoms with van der Waals surface area (Å²) in [6.45, 7) is 8.79. The molecule has 0 amide bonds. The van der Waals surface area contributed by atoms with Gasteiger partial charge in [0.2, 0.25) is 0 Å². The van der Waals surface area contributed by atoms with Gasteiger partial charge in [0, 0.05) is 13.1 Å². The number of anilines is 1. The molecule has 1 rings (SSSR count). The standard InChI is InChI=1S/C12H20N2O/c1-4-13(5-2)14(15-6-3)12-10-8-7-9-11-12/h7-11H,4-6H2,1-3H3. The van der Waals surface area contributed by atoms with E-state index in [0.717, 1.165) is 18.8 Å². The SMILES string of the molecule is CCON(c1ccccc1)N(CC)CC. The highest BCUT2D eigenvalue weighted by Crippen LogP contribution is 2.15. The molecule has 0 heterocycles. The summed E-state index contributed by atoms with van der Waals surface area (Å²) in [4.78, 5) is 5.63. The van der Waals surface area contributed by atoms with Crippen LogP contribution in [0.25, 0.3) is 0 Å². The minimum Gasteiger partial charge on any atom is -0.258 e. The largest absolute Gasteiger partial charge is 0.258 e. The Hall–Kier alpha value is -1.06. The van der Waals surface area contributed by atoms with Crippen LogP contribution in [0.3, 0.4) is 0 Å². The Morgan fingerprint density at radius 2 is 1.60 bits per heavy atom. The van der Waals surface area contributed by atoms with E-state index in [1.54, 1.807) is 0 Å². The zero-order valence-corrected chi connectivity index (χ0v) is 9.81. The average molecular weight is 208 g/mol. The van der Waals surface area contributed by atoms with E-state index in [-0.39, 0.29) is 0 Å². The summed E-state index contributed by atoms with van der Waals surface area (Å²) in [6.07, 6.45) is 0. The highest BCUT2D eigenvalue weighted by Gasteiger charge is 2.12. The minimum atomic E-state index is 0.672. The van der Waals surface area contributed by atoms with Crippen LogP contribution < -0.4 is 5.17 Å². The molecule has 0 aliphatic rings. The molecule has 3 nitrogen and oxygen atoms in total. The second kappa shape index (κ2) is 6.43. The van der Waals surface area contributed by atoms with Crippen molar-refractivity contribution < 1.29 is 4.84 Å². The van der Waals surface area contributed by atoms with Gasteiger partial charge < -0.3 is 0 Å². The molecule has 0 radical (unpaired) electrons. The lowest BCUT2D eigenvalue weighted by Gasteiger charge is -2.33. The van der Waals surface area contributed by atoms with Crippen molar-refractivity contribution in [1.82, 2.24) is 5.01 Å². The van der Waals surface area contributed by atoms with Crippen LogP contribution in [0.1, 0.15) is 20.8 Å². The van der Waals surface area contributed by atoms with Crippen molar-refractivity contribution in [1.29, 1.82) is 0 Å². The third-order valence-corrected chi connectivity index (χ3v) is 2.22. The maximum atomic E-state index is 5.63. The van der Waals surface area contributed by atoms with Crippen molar-refractivity contribution in [3.63, 3.8) is 0 Å². The van der Waals surface area contributed by atoms with Gasteiger partial charge in [0.05, 0.1) is 12.3 Å². The van der Waals surface area contributed by atoms with Crippen LogP contribution in [0.2, 0.25) is 0 Å². The van der Waals surface area contributed by atoms with Gasteiger partial charge in [-0.15, -0.1) is 0 Å². The van der Waals surface area contributed by atoms with Gasteiger partial charge in [-0.1, -0.05) is 32.0 Å². The maximum absolute atomic E-state index is 5.63. The molecule has 1 aromatic carbocycles. The smallest absolute Gasteiger partial charge is 0.0825 e. The maximum Gasteiger partial charge on any atom is 0.0825 e. The molecule has 0 aromatic heterocycles. The number of hydrazine groups is 1. The fourth-order valence-electron chi connectivity index (χ4n) is 1.48. The lowest BCUT2D eigenvalue weighted by atomic mass is 10.3. The van der Waals surface area contributed by atoms with E-state index in [4.69, 9.17) is 4.84 Å². The molecule has 1 aromatic rings. The number of nitrogens with zero attached hydrogens (tertiary/aromatic N) is 2. The van der Waals surface area contributed by atoms with E-state index in [1.807, 2.05) is 42.4 Å². The molecule has 0 N–H and O–H groups in total. The van der Waals surface area contributed by atoms with Crippen LogP contribution in [0.5, 0.6) is 0 Å². The van der Waals surface area contributed by atoms with Crippen LogP contribution >= 0.6 is 0 Å². The number of rotatable bonds is 6. The summed E-state index contributed by atoms with van der Waals surface area (Å²) in [7, 11) is 0. The Bertz CT molecular complexity index is 260. The first kappa shape index (κ1) is 12.0. The first-order valence-electron chi connectivity index (χ1n) is 5.56. The third kappa shape index (κ3) is 3.22. The predicted molar refractivity (Wildman–Crippen MR) is 63.5 cm³/mol. The summed E-state index contributed by atoms with van der Waals surface area (Å²) >= 11 is 0. The number of hydrogen-bond acceptors (Lipinski definition) is 3. The van der Waals surface area contributed by atoms with Crippen molar-refractivity contribution in [3.8, 4) is 0 Å². The molecular formula is C12H20N2O. The Morgan fingerprint density at radius 3 is 2.07 bits per heavy atom. The molecule has 0 saturated heterocycles. The summed E-state index contributed by atoms with van der Waals surface area (Å²) in [6, 6.07) is 10.1. The van der Waals surface area contributed by atoms with Crippen molar-refractivity contribution in [3.05, 3.63) is 30.3 Å². The van der Waals surface area contributed by atoms with Gasteiger partial charge in [0.1, 0.15) is 0 Å². The number of para-hydroxylation sites is 1. The van der Waals surface area contributed by atoms with Crippen LogP contribution in [-0.4, -0.2) is 24.7 Å². The summed E-state index contributed by atoms with van der Waals surface area (Å²) in [5.41, 5.74) is 1.07. The lowest BCUT2D eigenvalue weighted by molar-refractivity contribution is 0.00445. The molecule has 0 aliphatic heterocycles. The molecule has 0 unspecified atom stereocenters. The summed E-state index contributed by atoms with van der Waals surface area (Å²) in [5, 5.41) is 4.03. The van der Waals surface area contributed by atoms with Gasteiger partial charge in [0.25, 0.3) is 0 Å². The quantitative estimate of drug-likeness (QED) is 0.668. The van der Waals surface area contributed by atoms with Crippen LogP contribution in [0.4, 0.5) is 5.69 Å². The van der Waals surface area contributed by atoms with Crippen LogP contribution in [-0.2, 0) is 4.84 Å². The third-order valence-electron chi connectivity index (χ3n) is 2.22. The predicted octanol–water partition coefficient (Wildman–Crippen LogP) is 2.70.